The van der Waals surface area contributed by atoms with Crippen LogP contribution in [-0.4, -0.2) is 23.9 Å². The molecule has 0 aliphatic carbocycles. The normalized spacial score (nSPS) is 15.8. The van der Waals surface area contributed by atoms with Gasteiger partial charge in [-0.25, -0.2) is 0 Å². The highest BCUT2D eigenvalue weighted by Gasteiger charge is 2.29. The lowest BCUT2D eigenvalue weighted by molar-refractivity contribution is -0.384. The van der Waals surface area contributed by atoms with Gasteiger partial charge in [0.1, 0.15) is 5.69 Å². The number of hydrogen-bond donors (Lipinski definition) is 1. The Morgan fingerprint density at radius 1 is 1.14 bits per heavy atom. The molecule has 1 aliphatic heterocycles. The first kappa shape index (κ1) is 19.9. The van der Waals surface area contributed by atoms with Gasteiger partial charge in [-0.2, -0.15) is 0 Å². The monoisotopic (exact) mass is 381 g/mol. The number of benzene rings is 2. The highest BCUT2D eigenvalue weighted by Crippen LogP contribution is 2.31. The van der Waals surface area contributed by atoms with Crippen LogP contribution in [0.2, 0.25) is 0 Å². The summed E-state index contributed by atoms with van der Waals surface area (Å²) in [6, 6.07) is 16.9. The lowest BCUT2D eigenvalue weighted by Gasteiger charge is -2.33. The van der Waals surface area contributed by atoms with Gasteiger partial charge in [0.05, 0.1) is 11.0 Å². The second-order valence-electron chi connectivity index (χ2n) is 7.27. The van der Waals surface area contributed by atoms with Gasteiger partial charge in [0.15, 0.2) is 0 Å². The van der Waals surface area contributed by atoms with Gasteiger partial charge in [0, 0.05) is 25.1 Å². The van der Waals surface area contributed by atoms with E-state index >= 15 is 0 Å². The largest absolute Gasteiger partial charge is 0.366 e. The van der Waals surface area contributed by atoms with Crippen LogP contribution in [0.4, 0.5) is 11.4 Å². The smallest absolute Gasteiger partial charge is 0.292 e. The second-order valence-corrected chi connectivity index (χ2v) is 7.27. The van der Waals surface area contributed by atoms with E-state index in [9.17, 15) is 14.9 Å². The Balaban J connectivity index is 1.61. The molecule has 148 valence electrons. The maximum atomic E-state index is 12.8. The minimum Gasteiger partial charge on any atom is -0.366 e. The fourth-order valence-corrected chi connectivity index (χ4v) is 3.85. The number of para-hydroxylation sites is 2. The van der Waals surface area contributed by atoms with Crippen LogP contribution in [0.3, 0.4) is 0 Å². The topological polar surface area (TPSA) is 75.5 Å². The van der Waals surface area contributed by atoms with Gasteiger partial charge in [-0.3, -0.25) is 14.9 Å². The molecule has 6 nitrogen and oxygen atoms in total. The van der Waals surface area contributed by atoms with Gasteiger partial charge in [0.25, 0.3) is 5.69 Å². The van der Waals surface area contributed by atoms with Crippen LogP contribution in [0.25, 0.3) is 0 Å². The van der Waals surface area contributed by atoms with Crippen molar-refractivity contribution < 1.29 is 9.72 Å². The molecule has 1 atom stereocenters. The number of rotatable bonds is 7. The molecule has 1 heterocycles. The van der Waals surface area contributed by atoms with E-state index in [1.54, 1.807) is 12.1 Å². The third kappa shape index (κ3) is 4.68. The lowest BCUT2D eigenvalue weighted by atomic mass is 9.94. The van der Waals surface area contributed by atoms with Crippen molar-refractivity contribution in [2.45, 2.75) is 38.6 Å². The maximum absolute atomic E-state index is 12.8. The summed E-state index contributed by atoms with van der Waals surface area (Å²) in [5.74, 6) is 0.0339. The van der Waals surface area contributed by atoms with Crippen LogP contribution in [0.1, 0.15) is 44.2 Å². The molecule has 1 amide bonds. The average Bonchev–Trinajstić information content (AvgIpc) is 2.74. The van der Waals surface area contributed by atoms with Crippen molar-refractivity contribution in [2.75, 3.05) is 18.0 Å². The summed E-state index contributed by atoms with van der Waals surface area (Å²) in [6.45, 7) is 3.41. The van der Waals surface area contributed by atoms with Crippen molar-refractivity contribution in [3.05, 3.63) is 70.3 Å². The molecule has 0 bridgehead atoms. The molecule has 3 rings (SSSR count). The minimum atomic E-state index is -0.344. The zero-order valence-corrected chi connectivity index (χ0v) is 16.2. The third-order valence-corrected chi connectivity index (χ3v) is 5.38. The standard InChI is InChI=1S/C22H27N3O3/c1-2-8-19(17-9-4-3-5-10-17)23-22(26)18-13-15-24(16-14-18)20-11-6-7-12-21(20)25(27)28/h3-7,9-12,18-19H,2,8,13-16H2,1H3,(H,23,26). The van der Waals surface area contributed by atoms with Crippen molar-refractivity contribution in [1.82, 2.24) is 5.32 Å². The zero-order chi connectivity index (χ0) is 19.9. The minimum absolute atomic E-state index is 0.0342. The van der Waals surface area contributed by atoms with Crippen molar-refractivity contribution >= 4 is 17.3 Å². The Bertz CT molecular complexity index is 802. The van der Waals surface area contributed by atoms with Gasteiger partial charge >= 0.3 is 0 Å². The fraction of sp³-hybridized carbons (Fsp3) is 0.409. The van der Waals surface area contributed by atoms with Crippen LogP contribution in [-0.2, 0) is 4.79 Å². The number of amides is 1. The fourth-order valence-electron chi connectivity index (χ4n) is 3.85. The molecule has 1 fully saturated rings. The van der Waals surface area contributed by atoms with Gasteiger partial charge in [-0.05, 0) is 30.9 Å². The molecule has 6 heteroatoms. The number of nitro benzene ring substituents is 1. The van der Waals surface area contributed by atoms with E-state index in [1.165, 1.54) is 6.07 Å². The molecular formula is C22H27N3O3. The van der Waals surface area contributed by atoms with Crippen molar-refractivity contribution in [3.63, 3.8) is 0 Å². The van der Waals surface area contributed by atoms with Crippen LogP contribution in [0.15, 0.2) is 54.6 Å². The van der Waals surface area contributed by atoms with E-state index in [2.05, 4.69) is 24.4 Å². The Morgan fingerprint density at radius 3 is 2.43 bits per heavy atom. The summed E-state index contributed by atoms with van der Waals surface area (Å²) in [6.07, 6.45) is 3.30. The number of carbonyl (C=O) groups excluding carboxylic acids is 1. The molecule has 1 unspecified atom stereocenters. The Labute approximate surface area is 165 Å². The maximum Gasteiger partial charge on any atom is 0.292 e. The van der Waals surface area contributed by atoms with E-state index in [-0.39, 0.29) is 28.5 Å². The molecule has 0 spiro atoms. The highest BCUT2D eigenvalue weighted by molar-refractivity contribution is 5.79. The number of hydrogen-bond acceptors (Lipinski definition) is 4. The predicted molar refractivity (Wildman–Crippen MR) is 110 cm³/mol. The van der Waals surface area contributed by atoms with E-state index in [0.717, 1.165) is 18.4 Å². The van der Waals surface area contributed by atoms with Crippen molar-refractivity contribution in [3.8, 4) is 0 Å². The summed E-state index contributed by atoms with van der Waals surface area (Å²) < 4.78 is 0. The van der Waals surface area contributed by atoms with Crippen LogP contribution < -0.4 is 10.2 Å². The number of nitrogens with zero attached hydrogens (tertiary/aromatic N) is 2. The lowest BCUT2D eigenvalue weighted by Crippen LogP contribution is -2.41. The SMILES string of the molecule is CCCC(NC(=O)C1CCN(c2ccccc2[N+](=O)[O-])CC1)c1ccccc1. The summed E-state index contributed by atoms with van der Waals surface area (Å²) in [5.41, 5.74) is 1.90. The van der Waals surface area contributed by atoms with Gasteiger partial charge < -0.3 is 10.2 Å². The van der Waals surface area contributed by atoms with Gasteiger partial charge in [-0.1, -0.05) is 55.8 Å². The first-order valence-corrected chi connectivity index (χ1v) is 9.93. The molecular weight excluding hydrogens is 354 g/mol. The molecule has 1 N–H and O–H groups in total. The quantitative estimate of drug-likeness (QED) is 0.567. The zero-order valence-electron chi connectivity index (χ0n) is 16.2. The first-order valence-electron chi connectivity index (χ1n) is 9.93. The molecule has 0 aromatic heterocycles. The van der Waals surface area contributed by atoms with E-state index in [0.29, 0.717) is 31.6 Å². The molecule has 1 aliphatic rings. The van der Waals surface area contributed by atoms with Crippen LogP contribution in [0, 0.1) is 16.0 Å². The third-order valence-electron chi connectivity index (χ3n) is 5.38. The van der Waals surface area contributed by atoms with Crippen LogP contribution in [0.5, 0.6) is 0 Å². The number of nitro groups is 1. The average molecular weight is 381 g/mol. The molecule has 2 aromatic carbocycles. The van der Waals surface area contributed by atoms with Crippen molar-refractivity contribution in [2.24, 2.45) is 5.92 Å². The summed E-state index contributed by atoms with van der Waals surface area (Å²) in [5, 5.41) is 14.5. The highest BCUT2D eigenvalue weighted by atomic mass is 16.6. The Morgan fingerprint density at radius 2 is 1.79 bits per heavy atom. The summed E-state index contributed by atoms with van der Waals surface area (Å²) in [7, 11) is 0. The van der Waals surface area contributed by atoms with Crippen LogP contribution >= 0.6 is 0 Å². The van der Waals surface area contributed by atoms with E-state index < -0.39 is 0 Å². The Kier molecular flexibility index (Phi) is 6.63. The number of piperidine rings is 1. The summed E-state index contributed by atoms with van der Waals surface area (Å²) >= 11 is 0. The van der Waals surface area contributed by atoms with E-state index in [1.807, 2.05) is 29.2 Å². The molecule has 1 saturated heterocycles. The molecule has 0 radical (unpaired) electrons. The molecule has 28 heavy (non-hydrogen) atoms. The molecule has 0 saturated carbocycles. The number of nitrogens with one attached hydrogen (secondary N) is 1. The van der Waals surface area contributed by atoms with Gasteiger partial charge in [-0.15, -0.1) is 0 Å². The molecule has 2 aromatic rings. The van der Waals surface area contributed by atoms with Crippen molar-refractivity contribution in [1.29, 1.82) is 0 Å². The van der Waals surface area contributed by atoms with Gasteiger partial charge in [0.2, 0.25) is 5.91 Å². The Hall–Kier alpha value is -2.89. The summed E-state index contributed by atoms with van der Waals surface area (Å²) in [4.78, 5) is 25.8. The number of anilines is 1. The van der Waals surface area contributed by atoms with E-state index in [4.69, 9.17) is 0 Å². The second kappa shape index (κ2) is 9.35. The first-order chi connectivity index (χ1) is 13.6. The predicted octanol–water partition coefficient (Wildman–Crippen LogP) is 4.47. The number of carbonyl (C=O) groups is 1.